The molecular weight excluding hydrogens is 324 g/mol. The van der Waals surface area contributed by atoms with Gasteiger partial charge in [0.05, 0.1) is 59.5 Å². The van der Waals surface area contributed by atoms with Gasteiger partial charge < -0.3 is 43.7 Å². The molecule has 3 heterocycles. The summed E-state index contributed by atoms with van der Waals surface area (Å²) in [6.45, 7) is 1.31. The molecule has 3 fully saturated rings. The van der Waals surface area contributed by atoms with Gasteiger partial charge in [0.1, 0.15) is 18.3 Å². The van der Waals surface area contributed by atoms with Crippen LogP contribution >= 0.6 is 0 Å². The van der Waals surface area contributed by atoms with Crippen molar-refractivity contribution in [1.82, 2.24) is 0 Å². The third-order valence-electron chi connectivity index (χ3n) is 4.27. The Bertz CT molecular complexity index is 339. The van der Waals surface area contributed by atoms with Gasteiger partial charge in [0.25, 0.3) is 5.97 Å². The molecule has 3 aliphatic heterocycles. The van der Waals surface area contributed by atoms with E-state index in [-0.39, 0.29) is 44.6 Å². The maximum Gasteiger partial charge on any atom is 0.283 e. The molecule has 3 aliphatic rings. The number of hydrogen-bond donors (Lipinski definition) is 3. The summed E-state index contributed by atoms with van der Waals surface area (Å²) in [5.74, 6) is -1.52. The topological polar surface area (TPSA) is 126 Å². The quantitative estimate of drug-likeness (QED) is 0.247. The van der Waals surface area contributed by atoms with Crippen LogP contribution in [0.2, 0.25) is 0 Å². The first-order valence-corrected chi connectivity index (χ1v) is 8.22. The van der Waals surface area contributed by atoms with E-state index < -0.39 is 31.2 Å². The van der Waals surface area contributed by atoms with E-state index in [0.717, 1.165) is 0 Å². The van der Waals surface area contributed by atoms with Crippen molar-refractivity contribution in [3.63, 3.8) is 0 Å². The molecule has 3 unspecified atom stereocenters. The molecule has 9 heteroatoms. The van der Waals surface area contributed by atoms with Gasteiger partial charge in [-0.25, -0.2) is 0 Å². The summed E-state index contributed by atoms with van der Waals surface area (Å²) in [6.07, 6.45) is -0.0801. The summed E-state index contributed by atoms with van der Waals surface area (Å²) in [5.41, 5.74) is -1.20. The third kappa shape index (κ3) is 5.32. The number of epoxide rings is 3. The Morgan fingerprint density at radius 2 is 1.04 bits per heavy atom. The Morgan fingerprint density at radius 1 is 0.708 bits per heavy atom. The first kappa shape index (κ1) is 18.4. The maximum absolute atomic E-state index is 9.65. The molecular formula is C15H26O9. The van der Waals surface area contributed by atoms with Crippen LogP contribution in [0.3, 0.4) is 0 Å². The van der Waals surface area contributed by atoms with E-state index in [4.69, 9.17) is 28.4 Å². The minimum Gasteiger partial charge on any atom is -0.396 e. The average molecular weight is 350 g/mol. The first-order chi connectivity index (χ1) is 11.6. The molecule has 0 saturated carbocycles. The van der Waals surface area contributed by atoms with Crippen molar-refractivity contribution in [3.8, 4) is 0 Å². The standard InChI is InChI=1S/C15H26O9/c16-8-14(9-17,10-18)7-15(22-4-11-1-19-11,23-5-12-2-20-12)24-6-13-3-21-13/h11-13,16-18H,1-10H2. The van der Waals surface area contributed by atoms with E-state index in [1.807, 2.05) is 0 Å². The van der Waals surface area contributed by atoms with Gasteiger partial charge in [-0.3, -0.25) is 0 Å². The molecule has 140 valence electrons. The zero-order valence-electron chi connectivity index (χ0n) is 13.6. The van der Waals surface area contributed by atoms with Gasteiger partial charge in [-0.2, -0.15) is 0 Å². The first-order valence-electron chi connectivity index (χ1n) is 8.22. The predicted octanol–water partition coefficient (Wildman–Crippen LogP) is -1.76. The highest BCUT2D eigenvalue weighted by Gasteiger charge is 2.47. The lowest BCUT2D eigenvalue weighted by molar-refractivity contribution is -0.396. The highest BCUT2D eigenvalue weighted by atomic mass is 16.9. The van der Waals surface area contributed by atoms with Crippen LogP contribution in [0.25, 0.3) is 0 Å². The monoisotopic (exact) mass is 350 g/mol. The number of hydrogen-bond acceptors (Lipinski definition) is 9. The van der Waals surface area contributed by atoms with Crippen LogP contribution in [-0.4, -0.2) is 99.1 Å². The van der Waals surface area contributed by atoms with Crippen molar-refractivity contribution in [3.05, 3.63) is 0 Å². The second-order valence-corrected chi connectivity index (χ2v) is 6.63. The van der Waals surface area contributed by atoms with E-state index in [1.165, 1.54) is 0 Å². The molecule has 0 bridgehead atoms. The zero-order valence-corrected chi connectivity index (χ0v) is 13.6. The molecule has 0 aliphatic carbocycles. The summed E-state index contributed by atoms with van der Waals surface area (Å²) in [7, 11) is 0. The van der Waals surface area contributed by atoms with E-state index in [2.05, 4.69) is 0 Å². The van der Waals surface area contributed by atoms with Crippen molar-refractivity contribution in [2.45, 2.75) is 30.7 Å². The summed E-state index contributed by atoms with van der Waals surface area (Å²) >= 11 is 0. The SMILES string of the molecule is OCC(CO)(CO)CC(OCC1CO1)(OCC1CO1)OCC1CO1. The predicted molar refractivity (Wildman–Crippen MR) is 78.1 cm³/mol. The van der Waals surface area contributed by atoms with Crippen molar-refractivity contribution in [2.24, 2.45) is 5.41 Å². The smallest absolute Gasteiger partial charge is 0.283 e. The van der Waals surface area contributed by atoms with Crippen LogP contribution in [0.5, 0.6) is 0 Å². The molecule has 0 aromatic carbocycles. The Balaban J connectivity index is 1.69. The summed E-state index contributed by atoms with van der Waals surface area (Å²) in [6, 6.07) is 0. The molecule has 0 spiro atoms. The molecule has 0 aromatic heterocycles. The lowest BCUT2D eigenvalue weighted by Crippen LogP contribution is -2.50. The molecule has 9 nitrogen and oxygen atoms in total. The molecule has 3 saturated heterocycles. The Morgan fingerprint density at radius 3 is 1.29 bits per heavy atom. The lowest BCUT2D eigenvalue weighted by atomic mass is 9.86. The summed E-state index contributed by atoms with van der Waals surface area (Å²) < 4.78 is 33.0. The molecule has 3 N–H and O–H groups in total. The van der Waals surface area contributed by atoms with Crippen LogP contribution in [0, 0.1) is 5.41 Å². The molecule has 0 radical (unpaired) electrons. The van der Waals surface area contributed by atoms with Crippen molar-refractivity contribution < 1.29 is 43.7 Å². The largest absolute Gasteiger partial charge is 0.396 e. The van der Waals surface area contributed by atoms with Crippen LogP contribution in [0.4, 0.5) is 0 Å². The maximum atomic E-state index is 9.65. The van der Waals surface area contributed by atoms with Gasteiger partial charge in [0, 0.05) is 11.8 Å². The van der Waals surface area contributed by atoms with Gasteiger partial charge in [0.2, 0.25) is 0 Å². The van der Waals surface area contributed by atoms with Gasteiger partial charge in [-0.15, -0.1) is 0 Å². The molecule has 0 aromatic rings. The zero-order chi connectivity index (χ0) is 17.0. The third-order valence-corrected chi connectivity index (χ3v) is 4.27. The Kier molecular flexibility index (Phi) is 6.07. The van der Waals surface area contributed by atoms with Crippen LogP contribution in [0.15, 0.2) is 0 Å². The van der Waals surface area contributed by atoms with Crippen molar-refractivity contribution in [2.75, 3.05) is 59.5 Å². The average Bonchev–Trinajstić information content (AvgIpc) is 3.47. The number of ether oxygens (including phenoxy) is 6. The molecule has 0 amide bonds. The van der Waals surface area contributed by atoms with Crippen LogP contribution < -0.4 is 0 Å². The fourth-order valence-corrected chi connectivity index (χ4v) is 2.21. The van der Waals surface area contributed by atoms with E-state index in [0.29, 0.717) is 19.8 Å². The van der Waals surface area contributed by atoms with Gasteiger partial charge >= 0.3 is 0 Å². The van der Waals surface area contributed by atoms with Crippen molar-refractivity contribution >= 4 is 0 Å². The van der Waals surface area contributed by atoms with Gasteiger partial charge in [-0.1, -0.05) is 0 Å². The normalized spacial score (nSPS) is 30.9. The second-order valence-electron chi connectivity index (χ2n) is 6.63. The highest BCUT2D eigenvalue weighted by molar-refractivity contribution is 4.84. The second kappa shape index (κ2) is 7.90. The number of rotatable bonds is 14. The minimum atomic E-state index is -1.52. The number of aliphatic hydroxyl groups excluding tert-OH is 3. The fourth-order valence-electron chi connectivity index (χ4n) is 2.21. The molecule has 3 rings (SSSR count). The highest BCUT2D eigenvalue weighted by Crippen LogP contribution is 2.35. The van der Waals surface area contributed by atoms with Gasteiger partial charge in [-0.05, 0) is 0 Å². The lowest BCUT2D eigenvalue weighted by Gasteiger charge is -2.39. The molecule has 3 atom stereocenters. The van der Waals surface area contributed by atoms with Crippen LogP contribution in [0.1, 0.15) is 6.42 Å². The van der Waals surface area contributed by atoms with Crippen LogP contribution in [-0.2, 0) is 28.4 Å². The number of aliphatic hydroxyl groups is 3. The van der Waals surface area contributed by atoms with Crippen molar-refractivity contribution in [1.29, 1.82) is 0 Å². The Labute approximate surface area is 140 Å². The molecule has 24 heavy (non-hydrogen) atoms. The summed E-state index contributed by atoms with van der Waals surface area (Å²) in [4.78, 5) is 0. The summed E-state index contributed by atoms with van der Waals surface area (Å²) in [5, 5.41) is 28.9. The van der Waals surface area contributed by atoms with E-state index >= 15 is 0 Å². The fraction of sp³-hybridized carbons (Fsp3) is 1.00. The minimum absolute atomic E-state index is 0.0160. The Hall–Kier alpha value is -0.360. The van der Waals surface area contributed by atoms with Gasteiger partial charge in [0.15, 0.2) is 0 Å². The van der Waals surface area contributed by atoms with E-state index in [9.17, 15) is 15.3 Å². The van der Waals surface area contributed by atoms with E-state index in [1.54, 1.807) is 0 Å².